The van der Waals surface area contributed by atoms with Gasteiger partial charge in [-0.15, -0.1) is 11.3 Å². The maximum atomic E-state index is 5.97. The van der Waals surface area contributed by atoms with E-state index < -0.39 is 0 Å². The third kappa shape index (κ3) is 3.40. The summed E-state index contributed by atoms with van der Waals surface area (Å²) >= 11 is 7.59. The van der Waals surface area contributed by atoms with E-state index in [2.05, 4.69) is 52.6 Å². The topological polar surface area (TPSA) is 37.8 Å². The number of halogens is 1. The fourth-order valence-electron chi connectivity index (χ4n) is 2.07. The fourth-order valence-corrected chi connectivity index (χ4v) is 3.16. The van der Waals surface area contributed by atoms with Gasteiger partial charge in [-0.2, -0.15) is 0 Å². The second-order valence-corrected chi connectivity index (χ2v) is 6.18. The van der Waals surface area contributed by atoms with E-state index in [1.54, 1.807) is 11.3 Å². The number of fused-ring (bicyclic) bond motifs is 1. The van der Waals surface area contributed by atoms with Crippen LogP contribution in [0.15, 0.2) is 42.5 Å². The summed E-state index contributed by atoms with van der Waals surface area (Å²) in [7, 11) is 0. The Morgan fingerprint density at radius 1 is 1.24 bits per heavy atom. The summed E-state index contributed by atoms with van der Waals surface area (Å²) in [5, 5.41) is 4.60. The Labute approximate surface area is 132 Å². The lowest BCUT2D eigenvalue weighted by Gasteiger charge is -2.04. The van der Waals surface area contributed by atoms with Gasteiger partial charge in [-0.3, -0.25) is 0 Å². The maximum Gasteiger partial charge on any atom is 0.225 e. The van der Waals surface area contributed by atoms with Gasteiger partial charge in [-0.25, -0.2) is 9.97 Å². The van der Waals surface area contributed by atoms with Gasteiger partial charge in [0.2, 0.25) is 5.28 Å². The van der Waals surface area contributed by atoms with E-state index in [9.17, 15) is 0 Å². The van der Waals surface area contributed by atoms with Crippen molar-refractivity contribution in [3.8, 4) is 0 Å². The number of anilines is 1. The predicted octanol–water partition coefficient (Wildman–Crippen LogP) is 4.78. The summed E-state index contributed by atoms with van der Waals surface area (Å²) in [6.45, 7) is 2.74. The number of hydrogen-bond acceptors (Lipinski definition) is 4. The quantitative estimate of drug-likeness (QED) is 0.704. The molecule has 0 radical (unpaired) electrons. The standard InChI is InChI=1S/C16H14ClN3S/c1-11-10-13-14(19-16(17)20-15(13)21-11)18-9-5-8-12-6-3-2-4-7-12/h2-8,10H,9H2,1H3,(H,18,19,20)/b8-5+. The molecule has 0 spiro atoms. The van der Waals surface area contributed by atoms with Gasteiger partial charge in [0.1, 0.15) is 10.6 Å². The SMILES string of the molecule is Cc1cc2c(NC/C=C/c3ccccc3)nc(Cl)nc2s1. The molecule has 2 heterocycles. The molecule has 1 N–H and O–H groups in total. The maximum absolute atomic E-state index is 5.97. The molecule has 0 aliphatic heterocycles. The summed E-state index contributed by atoms with van der Waals surface area (Å²) in [6.07, 6.45) is 4.14. The van der Waals surface area contributed by atoms with E-state index in [0.29, 0.717) is 6.54 Å². The Morgan fingerprint density at radius 2 is 2.05 bits per heavy atom. The van der Waals surface area contributed by atoms with Gasteiger partial charge in [-0.05, 0) is 30.2 Å². The van der Waals surface area contributed by atoms with Crippen molar-refractivity contribution in [1.29, 1.82) is 0 Å². The Hall–Kier alpha value is -1.91. The van der Waals surface area contributed by atoms with Crippen LogP contribution in [0.5, 0.6) is 0 Å². The van der Waals surface area contributed by atoms with E-state index in [1.165, 1.54) is 10.4 Å². The van der Waals surface area contributed by atoms with Gasteiger partial charge in [0.05, 0.1) is 5.39 Å². The first-order valence-electron chi connectivity index (χ1n) is 6.61. The first-order chi connectivity index (χ1) is 10.2. The van der Waals surface area contributed by atoms with Crippen LogP contribution in [0, 0.1) is 6.92 Å². The monoisotopic (exact) mass is 315 g/mol. The Morgan fingerprint density at radius 3 is 2.86 bits per heavy atom. The Bertz CT molecular complexity index is 781. The molecule has 0 bridgehead atoms. The molecule has 106 valence electrons. The zero-order valence-corrected chi connectivity index (χ0v) is 13.1. The summed E-state index contributed by atoms with van der Waals surface area (Å²) in [6, 6.07) is 12.3. The molecule has 0 unspecified atom stereocenters. The summed E-state index contributed by atoms with van der Waals surface area (Å²) < 4.78 is 0. The van der Waals surface area contributed by atoms with Crippen LogP contribution in [0.1, 0.15) is 10.4 Å². The van der Waals surface area contributed by atoms with Crippen molar-refractivity contribution in [3.63, 3.8) is 0 Å². The highest BCUT2D eigenvalue weighted by Gasteiger charge is 2.08. The number of benzene rings is 1. The second-order valence-electron chi connectivity index (χ2n) is 4.61. The summed E-state index contributed by atoms with van der Waals surface area (Å²) in [4.78, 5) is 10.6. The molecule has 5 heteroatoms. The molecule has 0 aliphatic carbocycles. The molecule has 0 atom stereocenters. The number of nitrogens with one attached hydrogen (secondary N) is 1. The lowest BCUT2D eigenvalue weighted by atomic mass is 10.2. The molecule has 1 aromatic carbocycles. The lowest BCUT2D eigenvalue weighted by Crippen LogP contribution is -2.01. The van der Waals surface area contributed by atoms with Crippen LogP contribution < -0.4 is 5.32 Å². The minimum atomic E-state index is 0.277. The average Bonchev–Trinajstić information content (AvgIpc) is 2.84. The van der Waals surface area contributed by atoms with E-state index in [0.717, 1.165) is 16.0 Å². The molecule has 3 rings (SSSR count). The number of aromatic nitrogens is 2. The molecule has 0 fully saturated rings. The summed E-state index contributed by atoms with van der Waals surface area (Å²) in [5.74, 6) is 0.784. The van der Waals surface area contributed by atoms with Crippen LogP contribution in [-0.2, 0) is 0 Å². The highest BCUT2D eigenvalue weighted by atomic mass is 35.5. The van der Waals surface area contributed by atoms with Crippen molar-refractivity contribution in [2.45, 2.75) is 6.92 Å². The largest absolute Gasteiger partial charge is 0.366 e. The third-order valence-electron chi connectivity index (χ3n) is 2.99. The minimum absolute atomic E-state index is 0.277. The number of hydrogen-bond donors (Lipinski definition) is 1. The highest BCUT2D eigenvalue weighted by Crippen LogP contribution is 2.29. The number of rotatable bonds is 4. The second kappa shape index (κ2) is 6.24. The van der Waals surface area contributed by atoms with Crippen LogP contribution in [0.25, 0.3) is 16.3 Å². The predicted molar refractivity (Wildman–Crippen MR) is 91.1 cm³/mol. The molecule has 3 aromatic rings. The van der Waals surface area contributed by atoms with Crippen LogP contribution in [0.3, 0.4) is 0 Å². The van der Waals surface area contributed by atoms with Gasteiger partial charge in [0.15, 0.2) is 0 Å². The van der Waals surface area contributed by atoms with Crippen molar-refractivity contribution in [1.82, 2.24) is 9.97 Å². The van der Waals surface area contributed by atoms with Gasteiger partial charge in [0.25, 0.3) is 0 Å². The number of nitrogens with zero attached hydrogens (tertiary/aromatic N) is 2. The Kier molecular flexibility index (Phi) is 4.18. The molecule has 3 nitrogen and oxygen atoms in total. The lowest BCUT2D eigenvalue weighted by molar-refractivity contribution is 1.19. The molecule has 0 amide bonds. The molecular formula is C16H14ClN3S. The minimum Gasteiger partial charge on any atom is -0.366 e. The molecule has 2 aromatic heterocycles. The third-order valence-corrected chi connectivity index (χ3v) is 4.10. The van der Waals surface area contributed by atoms with Crippen molar-refractivity contribution in [2.24, 2.45) is 0 Å². The van der Waals surface area contributed by atoms with E-state index in [4.69, 9.17) is 11.6 Å². The Balaban J connectivity index is 1.75. The summed E-state index contributed by atoms with van der Waals surface area (Å²) in [5.41, 5.74) is 1.18. The van der Waals surface area contributed by atoms with Crippen molar-refractivity contribution < 1.29 is 0 Å². The molecule has 21 heavy (non-hydrogen) atoms. The first kappa shape index (κ1) is 14.0. The van der Waals surface area contributed by atoms with Crippen molar-refractivity contribution in [3.05, 3.63) is 58.2 Å². The van der Waals surface area contributed by atoms with Gasteiger partial charge < -0.3 is 5.32 Å². The number of thiophene rings is 1. The van der Waals surface area contributed by atoms with Crippen LogP contribution in [0.2, 0.25) is 5.28 Å². The van der Waals surface area contributed by atoms with Gasteiger partial charge in [0, 0.05) is 11.4 Å². The van der Waals surface area contributed by atoms with E-state index in [1.807, 2.05) is 18.2 Å². The van der Waals surface area contributed by atoms with Crippen LogP contribution in [-0.4, -0.2) is 16.5 Å². The zero-order chi connectivity index (χ0) is 14.7. The molecule has 0 aliphatic rings. The molecular weight excluding hydrogens is 302 g/mol. The highest BCUT2D eigenvalue weighted by molar-refractivity contribution is 7.18. The fraction of sp³-hybridized carbons (Fsp3) is 0.125. The number of aryl methyl sites for hydroxylation is 1. The van der Waals surface area contributed by atoms with Crippen LogP contribution >= 0.6 is 22.9 Å². The van der Waals surface area contributed by atoms with Gasteiger partial charge >= 0.3 is 0 Å². The zero-order valence-electron chi connectivity index (χ0n) is 11.5. The normalized spacial score (nSPS) is 11.3. The average molecular weight is 316 g/mol. The van der Waals surface area contributed by atoms with Crippen molar-refractivity contribution >= 4 is 45.0 Å². The van der Waals surface area contributed by atoms with Gasteiger partial charge in [-0.1, -0.05) is 42.5 Å². The molecule has 0 saturated carbocycles. The smallest absolute Gasteiger partial charge is 0.225 e. The van der Waals surface area contributed by atoms with Crippen molar-refractivity contribution in [2.75, 3.05) is 11.9 Å². The van der Waals surface area contributed by atoms with E-state index in [-0.39, 0.29) is 5.28 Å². The first-order valence-corrected chi connectivity index (χ1v) is 7.81. The molecule has 0 saturated heterocycles. The van der Waals surface area contributed by atoms with Crippen LogP contribution in [0.4, 0.5) is 5.82 Å². The van der Waals surface area contributed by atoms with E-state index >= 15 is 0 Å².